The first-order valence-corrected chi connectivity index (χ1v) is 16.9. The summed E-state index contributed by atoms with van der Waals surface area (Å²) in [7, 11) is 0. The highest BCUT2D eigenvalue weighted by atomic mass is 35.5. The first-order chi connectivity index (χ1) is 25.0. The zero-order valence-corrected chi connectivity index (χ0v) is 29.1. The number of aromatic nitrogens is 4. The Morgan fingerprint density at radius 1 is 0.596 bits per heavy atom. The number of hydrogen-bond donors (Lipinski definition) is 1. The number of nitrogens with zero attached hydrogens (tertiary/aromatic N) is 5. The Balaban J connectivity index is 0.000000175. The average molecular weight is 735 g/mol. The highest BCUT2D eigenvalue weighted by Gasteiger charge is 2.40. The molecule has 52 heavy (non-hydrogen) atoms. The number of hydrogen-bond acceptors (Lipinski definition) is 7. The summed E-state index contributed by atoms with van der Waals surface area (Å²) in [5.41, 5.74) is 5.42. The van der Waals surface area contributed by atoms with E-state index in [1.807, 2.05) is 0 Å². The quantitative estimate of drug-likeness (QED) is 0.176. The van der Waals surface area contributed by atoms with Crippen molar-refractivity contribution < 1.29 is 23.5 Å². The molecule has 0 fully saturated rings. The van der Waals surface area contributed by atoms with Gasteiger partial charge in [-0.25, -0.2) is 28.7 Å². The van der Waals surface area contributed by atoms with Crippen molar-refractivity contribution in [2.75, 3.05) is 0 Å². The predicted molar refractivity (Wildman–Crippen MR) is 196 cm³/mol. The Morgan fingerprint density at radius 2 is 1.04 bits per heavy atom. The van der Waals surface area contributed by atoms with E-state index in [1.54, 1.807) is 98.8 Å². The van der Waals surface area contributed by atoms with Gasteiger partial charge >= 0.3 is 0 Å². The normalized spacial score (nSPS) is 13.6. The van der Waals surface area contributed by atoms with Crippen LogP contribution in [0.4, 0.5) is 8.78 Å². The third-order valence-electron chi connectivity index (χ3n) is 8.55. The van der Waals surface area contributed by atoms with Crippen molar-refractivity contribution in [3.63, 3.8) is 0 Å². The number of carbonyl (C=O) groups excluding carboxylic acids is 2. The van der Waals surface area contributed by atoms with Gasteiger partial charge in [0.05, 0.1) is 67.1 Å². The summed E-state index contributed by atoms with van der Waals surface area (Å²) in [6.45, 7) is 3.31. The number of benzene rings is 5. The molecule has 0 radical (unpaired) electrons. The van der Waals surface area contributed by atoms with Crippen LogP contribution in [0.25, 0.3) is 44.6 Å². The van der Waals surface area contributed by atoms with Gasteiger partial charge in [0.15, 0.2) is 0 Å². The van der Waals surface area contributed by atoms with Crippen molar-refractivity contribution in [2.45, 2.75) is 26.0 Å². The molecule has 2 atom stereocenters. The maximum Gasteiger partial charge on any atom is 0.262 e. The van der Waals surface area contributed by atoms with Gasteiger partial charge in [0.1, 0.15) is 22.7 Å². The topological polar surface area (TPSA) is 109 Å². The summed E-state index contributed by atoms with van der Waals surface area (Å²) in [5.74, 6) is -1.60. The Kier molecular flexibility index (Phi) is 9.46. The number of carbonyl (C=O) groups is 2. The Hall–Kier alpha value is -5.68. The number of para-hydroxylation sites is 2. The molecule has 1 aliphatic heterocycles. The molecule has 8 nitrogen and oxygen atoms in total. The van der Waals surface area contributed by atoms with Gasteiger partial charge in [-0.2, -0.15) is 0 Å². The van der Waals surface area contributed by atoms with E-state index in [2.05, 4.69) is 15.0 Å². The molecule has 7 aromatic rings. The van der Waals surface area contributed by atoms with Crippen LogP contribution in [-0.4, -0.2) is 41.8 Å². The molecular formula is C40H27Cl2F2N5O3. The van der Waals surface area contributed by atoms with E-state index in [9.17, 15) is 23.5 Å². The monoisotopic (exact) mass is 733 g/mol. The van der Waals surface area contributed by atoms with E-state index < -0.39 is 29.8 Å². The molecule has 0 aliphatic carbocycles. The van der Waals surface area contributed by atoms with Gasteiger partial charge in [-0.1, -0.05) is 71.7 Å². The van der Waals surface area contributed by atoms with Crippen molar-refractivity contribution >= 4 is 57.1 Å². The Morgan fingerprint density at radius 3 is 1.50 bits per heavy atom. The van der Waals surface area contributed by atoms with Gasteiger partial charge < -0.3 is 5.11 Å². The molecule has 258 valence electrons. The molecule has 3 heterocycles. The summed E-state index contributed by atoms with van der Waals surface area (Å²) < 4.78 is 27.4. The average Bonchev–Trinajstić information content (AvgIpc) is 3.39. The summed E-state index contributed by atoms with van der Waals surface area (Å²) in [6, 6.07) is 28.4. The van der Waals surface area contributed by atoms with E-state index in [0.29, 0.717) is 77.1 Å². The van der Waals surface area contributed by atoms with E-state index in [4.69, 9.17) is 28.2 Å². The van der Waals surface area contributed by atoms with E-state index in [0.717, 1.165) is 0 Å². The number of fused-ring (bicyclic) bond motifs is 3. The molecule has 2 amide bonds. The third kappa shape index (κ3) is 6.48. The SMILES string of the molecule is CC(O)c1nc2cccc(Cl)c2nc1-c1cccc(F)c1.CC(c1nc2cccc(Cl)c2nc1-c1cccc(F)c1)N1C(=O)c2ccccc2C1=O. The zero-order chi connectivity index (χ0) is 36.7. The van der Waals surface area contributed by atoms with Crippen LogP contribution in [0.3, 0.4) is 0 Å². The number of aliphatic hydroxyl groups excluding tert-OH is 1. The smallest absolute Gasteiger partial charge is 0.262 e. The summed E-state index contributed by atoms with van der Waals surface area (Å²) >= 11 is 12.5. The van der Waals surface area contributed by atoms with Crippen LogP contribution < -0.4 is 0 Å². The lowest BCUT2D eigenvalue weighted by atomic mass is 10.0. The first kappa shape index (κ1) is 34.8. The van der Waals surface area contributed by atoms with Gasteiger partial charge in [-0.05, 0) is 74.5 Å². The third-order valence-corrected chi connectivity index (χ3v) is 9.16. The van der Waals surface area contributed by atoms with Gasteiger partial charge in [0.2, 0.25) is 0 Å². The van der Waals surface area contributed by atoms with Crippen molar-refractivity contribution in [2.24, 2.45) is 0 Å². The summed E-state index contributed by atoms with van der Waals surface area (Å²) in [4.78, 5) is 45.5. The van der Waals surface area contributed by atoms with Crippen LogP contribution >= 0.6 is 23.2 Å². The van der Waals surface area contributed by atoms with Crippen molar-refractivity contribution in [1.82, 2.24) is 24.8 Å². The maximum atomic E-state index is 14.0. The van der Waals surface area contributed by atoms with E-state index in [-0.39, 0.29) is 5.82 Å². The first-order valence-electron chi connectivity index (χ1n) is 16.1. The minimum absolute atomic E-state index is 0.350. The van der Waals surface area contributed by atoms with Crippen LogP contribution in [0.15, 0.2) is 109 Å². The molecule has 0 saturated heterocycles. The van der Waals surface area contributed by atoms with Gasteiger partial charge in [0.25, 0.3) is 11.8 Å². The zero-order valence-electron chi connectivity index (χ0n) is 27.6. The Labute approximate surface area is 306 Å². The molecule has 1 N–H and O–H groups in total. The van der Waals surface area contributed by atoms with Crippen LogP contribution in [0, 0.1) is 11.6 Å². The second-order valence-electron chi connectivity index (χ2n) is 12.0. The fourth-order valence-corrected chi connectivity index (χ4v) is 6.50. The van der Waals surface area contributed by atoms with E-state index in [1.165, 1.54) is 29.2 Å². The largest absolute Gasteiger partial charge is 0.387 e. The molecule has 2 aromatic heterocycles. The minimum Gasteiger partial charge on any atom is -0.387 e. The van der Waals surface area contributed by atoms with Crippen molar-refractivity contribution in [3.05, 3.63) is 153 Å². The van der Waals surface area contributed by atoms with Crippen LogP contribution in [0.1, 0.15) is 58.1 Å². The summed E-state index contributed by atoms with van der Waals surface area (Å²) in [6.07, 6.45) is -0.820. The molecule has 1 aliphatic rings. The molecular weight excluding hydrogens is 707 g/mol. The molecule has 5 aromatic carbocycles. The maximum absolute atomic E-state index is 14.0. The number of halogens is 4. The molecule has 0 spiro atoms. The molecule has 2 unspecified atom stereocenters. The second kappa shape index (κ2) is 14.1. The lowest BCUT2D eigenvalue weighted by Gasteiger charge is -2.24. The fourth-order valence-electron chi connectivity index (χ4n) is 6.07. The molecule has 8 rings (SSSR count). The molecule has 12 heteroatoms. The predicted octanol–water partition coefficient (Wildman–Crippen LogP) is 9.59. The highest BCUT2D eigenvalue weighted by molar-refractivity contribution is 6.35. The van der Waals surface area contributed by atoms with Crippen molar-refractivity contribution in [3.8, 4) is 22.5 Å². The number of amides is 2. The number of rotatable bonds is 5. The fraction of sp³-hybridized carbons (Fsp3) is 0.100. The molecule has 0 bridgehead atoms. The molecule has 0 saturated carbocycles. The van der Waals surface area contributed by atoms with Gasteiger partial charge in [0, 0.05) is 11.1 Å². The lowest BCUT2D eigenvalue weighted by Crippen LogP contribution is -2.33. The van der Waals surface area contributed by atoms with Gasteiger partial charge in [-0.15, -0.1) is 0 Å². The van der Waals surface area contributed by atoms with Crippen LogP contribution in [0.5, 0.6) is 0 Å². The standard InChI is InChI=1S/C24H15ClFN3O2.C16H12ClFN2O/c1-13(29-23(30)16-8-2-3-9-17(16)24(29)31)20-21(14-6-4-7-15(26)12-14)28-22-18(25)10-5-11-19(22)27-20;1-9(21)14-15(10-4-2-5-11(18)8-10)20-16-12(17)6-3-7-13(16)19-14/h2-13H,1H3;2-9,21H,1H3. The van der Waals surface area contributed by atoms with Crippen molar-refractivity contribution in [1.29, 1.82) is 0 Å². The van der Waals surface area contributed by atoms with E-state index >= 15 is 0 Å². The Bertz CT molecular complexity index is 2510. The minimum atomic E-state index is -0.820. The van der Waals surface area contributed by atoms with Crippen LogP contribution in [-0.2, 0) is 0 Å². The van der Waals surface area contributed by atoms with Crippen LogP contribution in [0.2, 0.25) is 10.0 Å². The lowest BCUT2D eigenvalue weighted by molar-refractivity contribution is 0.0592. The summed E-state index contributed by atoms with van der Waals surface area (Å²) in [5, 5.41) is 10.8. The highest BCUT2D eigenvalue weighted by Crippen LogP contribution is 2.36. The second-order valence-corrected chi connectivity index (χ2v) is 12.8. The van der Waals surface area contributed by atoms with Gasteiger partial charge in [-0.3, -0.25) is 14.5 Å². The number of aliphatic hydroxyl groups is 1. The number of imide groups is 1.